The molecule has 86 valence electrons. The molecule has 1 heterocycles. The molecule has 1 aromatic rings. The number of carbonyl (C=O) groups is 1. The Kier molecular flexibility index (Phi) is 3.41. The fourth-order valence-corrected chi connectivity index (χ4v) is 1.28. The zero-order valence-electron chi connectivity index (χ0n) is 9.14. The molecule has 1 fully saturated rings. The van der Waals surface area contributed by atoms with Gasteiger partial charge >= 0.3 is 5.97 Å². The topological polar surface area (TPSA) is 48.1 Å². The zero-order chi connectivity index (χ0) is 11.4. The number of hydrogen-bond acceptors (Lipinski definition) is 4. The van der Waals surface area contributed by atoms with Gasteiger partial charge in [-0.2, -0.15) is 0 Å². The lowest BCUT2D eigenvalue weighted by Crippen LogP contribution is -2.07. The van der Waals surface area contributed by atoms with Crippen LogP contribution in [0.25, 0.3) is 0 Å². The van der Waals surface area contributed by atoms with E-state index < -0.39 is 0 Å². The van der Waals surface area contributed by atoms with Crippen molar-refractivity contribution < 1.29 is 19.0 Å². The summed E-state index contributed by atoms with van der Waals surface area (Å²) in [5, 5.41) is 0. The molecule has 0 bridgehead atoms. The third-order valence-corrected chi connectivity index (χ3v) is 2.18. The molecule has 0 aromatic heterocycles. The minimum absolute atomic E-state index is 0.214. The van der Waals surface area contributed by atoms with Gasteiger partial charge in [0.25, 0.3) is 0 Å². The summed E-state index contributed by atoms with van der Waals surface area (Å²) >= 11 is 0. The van der Waals surface area contributed by atoms with E-state index in [0.717, 1.165) is 6.61 Å². The number of ether oxygens (including phenoxy) is 3. The monoisotopic (exact) mass is 222 g/mol. The summed E-state index contributed by atoms with van der Waals surface area (Å²) < 4.78 is 15.4. The summed E-state index contributed by atoms with van der Waals surface area (Å²) in [5.41, 5.74) is 0.510. The Morgan fingerprint density at radius 2 is 2.38 bits per heavy atom. The molecular formula is C12H14O4. The van der Waals surface area contributed by atoms with Crippen LogP contribution in [0.3, 0.4) is 0 Å². The Labute approximate surface area is 94.1 Å². The van der Waals surface area contributed by atoms with Crippen molar-refractivity contribution in [3.05, 3.63) is 29.8 Å². The van der Waals surface area contributed by atoms with Crippen molar-refractivity contribution in [1.82, 2.24) is 0 Å². The molecule has 1 saturated heterocycles. The summed E-state index contributed by atoms with van der Waals surface area (Å²) in [6, 6.07) is 6.97. The highest BCUT2D eigenvalue weighted by Crippen LogP contribution is 2.17. The first-order valence-electron chi connectivity index (χ1n) is 5.31. The van der Waals surface area contributed by atoms with Gasteiger partial charge in [-0.15, -0.1) is 0 Å². The third-order valence-electron chi connectivity index (χ3n) is 2.18. The largest absolute Gasteiger partial charge is 0.491 e. The SMILES string of the molecule is CCOC(=O)c1cccc(OCC2CO2)c1. The Morgan fingerprint density at radius 1 is 1.56 bits per heavy atom. The number of hydrogen-bond donors (Lipinski definition) is 0. The first-order chi connectivity index (χ1) is 7.79. The normalized spacial score (nSPS) is 17.9. The van der Waals surface area contributed by atoms with Gasteiger partial charge in [0.2, 0.25) is 0 Å². The van der Waals surface area contributed by atoms with Gasteiger partial charge in [-0.25, -0.2) is 4.79 Å². The summed E-state index contributed by atoms with van der Waals surface area (Å²) in [7, 11) is 0. The second kappa shape index (κ2) is 4.99. The van der Waals surface area contributed by atoms with Crippen LogP contribution in [-0.2, 0) is 9.47 Å². The molecule has 0 spiro atoms. The fraction of sp³-hybridized carbons (Fsp3) is 0.417. The van der Waals surface area contributed by atoms with Crippen LogP contribution >= 0.6 is 0 Å². The zero-order valence-corrected chi connectivity index (χ0v) is 9.14. The lowest BCUT2D eigenvalue weighted by molar-refractivity contribution is 0.0526. The predicted octanol–water partition coefficient (Wildman–Crippen LogP) is 1.64. The minimum Gasteiger partial charge on any atom is -0.491 e. The second-order valence-electron chi connectivity index (χ2n) is 3.51. The summed E-state index contributed by atoms with van der Waals surface area (Å²) in [6.07, 6.45) is 0.214. The van der Waals surface area contributed by atoms with Crippen LogP contribution in [0.15, 0.2) is 24.3 Å². The second-order valence-corrected chi connectivity index (χ2v) is 3.51. The number of carbonyl (C=O) groups excluding carboxylic acids is 1. The van der Waals surface area contributed by atoms with Gasteiger partial charge in [0.05, 0.1) is 18.8 Å². The van der Waals surface area contributed by atoms with Crippen molar-refractivity contribution in [1.29, 1.82) is 0 Å². The molecule has 0 N–H and O–H groups in total. The Bertz CT molecular complexity index is 371. The number of rotatable bonds is 5. The highest BCUT2D eigenvalue weighted by atomic mass is 16.6. The van der Waals surface area contributed by atoms with Crippen molar-refractivity contribution in [2.75, 3.05) is 19.8 Å². The molecule has 0 radical (unpaired) electrons. The van der Waals surface area contributed by atoms with E-state index in [0.29, 0.717) is 24.5 Å². The Hall–Kier alpha value is -1.55. The predicted molar refractivity (Wildman–Crippen MR) is 57.6 cm³/mol. The molecular weight excluding hydrogens is 208 g/mol. The van der Waals surface area contributed by atoms with Crippen molar-refractivity contribution in [3.8, 4) is 5.75 Å². The summed E-state index contributed by atoms with van der Waals surface area (Å²) in [5.74, 6) is 0.344. The maximum atomic E-state index is 11.4. The maximum absolute atomic E-state index is 11.4. The van der Waals surface area contributed by atoms with E-state index in [1.165, 1.54) is 0 Å². The molecule has 0 amide bonds. The van der Waals surface area contributed by atoms with Crippen LogP contribution in [-0.4, -0.2) is 31.9 Å². The lowest BCUT2D eigenvalue weighted by Gasteiger charge is -2.06. The molecule has 0 aliphatic carbocycles. The maximum Gasteiger partial charge on any atom is 0.338 e. The molecule has 16 heavy (non-hydrogen) atoms. The van der Waals surface area contributed by atoms with Crippen molar-refractivity contribution in [2.45, 2.75) is 13.0 Å². The smallest absolute Gasteiger partial charge is 0.338 e. The van der Waals surface area contributed by atoms with Crippen LogP contribution in [0.4, 0.5) is 0 Å². The van der Waals surface area contributed by atoms with E-state index in [-0.39, 0.29) is 12.1 Å². The van der Waals surface area contributed by atoms with Crippen LogP contribution in [0.2, 0.25) is 0 Å². The van der Waals surface area contributed by atoms with Gasteiger partial charge in [-0.1, -0.05) is 6.07 Å². The fourth-order valence-electron chi connectivity index (χ4n) is 1.28. The first kappa shape index (κ1) is 11.0. The average molecular weight is 222 g/mol. The van der Waals surface area contributed by atoms with Gasteiger partial charge in [-0.3, -0.25) is 0 Å². The molecule has 1 aliphatic rings. The van der Waals surface area contributed by atoms with Crippen LogP contribution < -0.4 is 4.74 Å². The van der Waals surface area contributed by atoms with Gasteiger partial charge < -0.3 is 14.2 Å². The Balaban J connectivity index is 1.97. The van der Waals surface area contributed by atoms with E-state index in [4.69, 9.17) is 14.2 Å². The summed E-state index contributed by atoms with van der Waals surface area (Å²) in [4.78, 5) is 11.4. The van der Waals surface area contributed by atoms with E-state index in [2.05, 4.69) is 0 Å². The molecule has 1 aromatic carbocycles. The number of benzene rings is 1. The van der Waals surface area contributed by atoms with Gasteiger partial charge in [0.15, 0.2) is 0 Å². The van der Waals surface area contributed by atoms with E-state index in [9.17, 15) is 4.79 Å². The third kappa shape index (κ3) is 2.97. The molecule has 1 atom stereocenters. The molecule has 2 rings (SSSR count). The quantitative estimate of drug-likeness (QED) is 0.561. The van der Waals surface area contributed by atoms with Crippen LogP contribution in [0.5, 0.6) is 5.75 Å². The van der Waals surface area contributed by atoms with Crippen molar-refractivity contribution >= 4 is 5.97 Å². The van der Waals surface area contributed by atoms with Gasteiger partial charge in [0.1, 0.15) is 18.5 Å². The number of epoxide rings is 1. The summed E-state index contributed by atoms with van der Waals surface area (Å²) in [6.45, 7) is 3.45. The average Bonchev–Trinajstić information content (AvgIpc) is 3.11. The molecule has 0 saturated carbocycles. The van der Waals surface area contributed by atoms with Crippen molar-refractivity contribution in [2.24, 2.45) is 0 Å². The lowest BCUT2D eigenvalue weighted by atomic mass is 10.2. The van der Waals surface area contributed by atoms with Crippen LogP contribution in [0.1, 0.15) is 17.3 Å². The highest BCUT2D eigenvalue weighted by Gasteiger charge is 2.23. The molecule has 1 unspecified atom stereocenters. The van der Waals surface area contributed by atoms with Gasteiger partial charge in [0, 0.05) is 0 Å². The highest BCUT2D eigenvalue weighted by molar-refractivity contribution is 5.89. The molecule has 4 nitrogen and oxygen atoms in total. The van der Waals surface area contributed by atoms with Gasteiger partial charge in [-0.05, 0) is 25.1 Å². The van der Waals surface area contributed by atoms with Crippen molar-refractivity contribution in [3.63, 3.8) is 0 Å². The molecule has 4 heteroatoms. The standard InChI is InChI=1S/C12H14O4/c1-2-14-12(13)9-4-3-5-10(6-9)15-7-11-8-16-11/h3-6,11H,2,7-8H2,1H3. The minimum atomic E-state index is -0.323. The van der Waals surface area contributed by atoms with E-state index in [1.54, 1.807) is 25.1 Å². The van der Waals surface area contributed by atoms with Crippen LogP contribution in [0, 0.1) is 0 Å². The molecule has 1 aliphatic heterocycles. The first-order valence-corrected chi connectivity index (χ1v) is 5.31. The van der Waals surface area contributed by atoms with E-state index in [1.807, 2.05) is 6.07 Å². The Morgan fingerprint density at radius 3 is 3.06 bits per heavy atom. The van der Waals surface area contributed by atoms with E-state index >= 15 is 0 Å². The number of esters is 1.